The number of hydrogen-bond acceptors (Lipinski definition) is 1. The maximum Gasteiger partial charge on any atom is -0.00953 e. The lowest BCUT2D eigenvalue weighted by atomic mass is 9.96. The van der Waals surface area contributed by atoms with Gasteiger partial charge in [-0.15, -0.1) is 0 Å². The van der Waals surface area contributed by atoms with E-state index < -0.39 is 0 Å². The molecule has 13 heavy (non-hydrogen) atoms. The van der Waals surface area contributed by atoms with Crippen molar-refractivity contribution in [2.45, 2.75) is 65.2 Å². The SMILES string of the molecule is CCCCCCCC(CC)CCS. The molecule has 0 fully saturated rings. The lowest BCUT2D eigenvalue weighted by Gasteiger charge is -2.12. The summed E-state index contributed by atoms with van der Waals surface area (Å²) in [5.74, 6) is 2.01. The van der Waals surface area contributed by atoms with Crippen LogP contribution in [-0.4, -0.2) is 5.75 Å². The van der Waals surface area contributed by atoms with Gasteiger partial charge in [0.2, 0.25) is 0 Å². The molecular weight excluding hydrogens is 176 g/mol. The first-order valence-corrected chi connectivity index (χ1v) is 6.59. The third-order valence-corrected chi connectivity index (χ3v) is 3.09. The zero-order valence-corrected chi connectivity index (χ0v) is 10.3. The third kappa shape index (κ3) is 8.67. The van der Waals surface area contributed by atoms with Gasteiger partial charge in [-0.3, -0.25) is 0 Å². The van der Waals surface area contributed by atoms with Crippen LogP contribution in [0.2, 0.25) is 0 Å². The van der Waals surface area contributed by atoms with Gasteiger partial charge in [0.05, 0.1) is 0 Å². The normalized spacial score (nSPS) is 13.2. The summed E-state index contributed by atoms with van der Waals surface area (Å²) in [7, 11) is 0. The van der Waals surface area contributed by atoms with Crippen LogP contribution in [0.15, 0.2) is 0 Å². The molecular formula is C12H26S. The summed E-state index contributed by atoms with van der Waals surface area (Å²) in [6.07, 6.45) is 11.2. The van der Waals surface area contributed by atoms with Gasteiger partial charge in [-0.05, 0) is 18.1 Å². The van der Waals surface area contributed by atoms with Crippen LogP contribution < -0.4 is 0 Å². The van der Waals surface area contributed by atoms with Crippen molar-refractivity contribution in [1.29, 1.82) is 0 Å². The molecule has 0 radical (unpaired) electrons. The van der Waals surface area contributed by atoms with E-state index in [0.717, 1.165) is 11.7 Å². The highest BCUT2D eigenvalue weighted by atomic mass is 32.1. The van der Waals surface area contributed by atoms with E-state index in [-0.39, 0.29) is 0 Å². The number of hydrogen-bond donors (Lipinski definition) is 1. The molecule has 1 heteroatoms. The van der Waals surface area contributed by atoms with Crippen LogP contribution in [0, 0.1) is 5.92 Å². The molecule has 0 heterocycles. The van der Waals surface area contributed by atoms with E-state index in [1.54, 1.807) is 0 Å². The molecule has 0 aliphatic carbocycles. The molecule has 0 saturated carbocycles. The molecule has 0 amide bonds. The van der Waals surface area contributed by atoms with Crippen molar-refractivity contribution in [3.05, 3.63) is 0 Å². The molecule has 80 valence electrons. The number of unbranched alkanes of at least 4 members (excludes halogenated alkanes) is 4. The van der Waals surface area contributed by atoms with Gasteiger partial charge >= 0.3 is 0 Å². The van der Waals surface area contributed by atoms with Gasteiger partial charge in [0.1, 0.15) is 0 Å². The molecule has 1 unspecified atom stereocenters. The Morgan fingerprint density at radius 2 is 1.62 bits per heavy atom. The second-order valence-electron chi connectivity index (χ2n) is 3.99. The summed E-state index contributed by atoms with van der Waals surface area (Å²) in [5.41, 5.74) is 0. The van der Waals surface area contributed by atoms with Gasteiger partial charge < -0.3 is 0 Å². The predicted octanol–water partition coefficient (Wildman–Crippen LogP) is 4.69. The maximum absolute atomic E-state index is 4.29. The van der Waals surface area contributed by atoms with Crippen molar-refractivity contribution in [3.8, 4) is 0 Å². The van der Waals surface area contributed by atoms with Gasteiger partial charge in [0.15, 0.2) is 0 Å². The first kappa shape index (κ1) is 13.4. The summed E-state index contributed by atoms with van der Waals surface area (Å²) in [6, 6.07) is 0. The fourth-order valence-corrected chi connectivity index (χ4v) is 2.14. The molecule has 0 rings (SSSR count). The van der Waals surface area contributed by atoms with E-state index in [4.69, 9.17) is 0 Å². The minimum atomic E-state index is 0.944. The van der Waals surface area contributed by atoms with E-state index in [1.807, 2.05) is 0 Å². The van der Waals surface area contributed by atoms with Crippen molar-refractivity contribution < 1.29 is 0 Å². The second kappa shape index (κ2) is 10.4. The monoisotopic (exact) mass is 202 g/mol. The summed E-state index contributed by atoms with van der Waals surface area (Å²) in [6.45, 7) is 4.58. The summed E-state index contributed by atoms with van der Waals surface area (Å²) in [5, 5.41) is 0. The molecule has 0 aromatic rings. The topological polar surface area (TPSA) is 0 Å². The molecule has 1 atom stereocenters. The minimum Gasteiger partial charge on any atom is -0.179 e. The molecule has 0 N–H and O–H groups in total. The third-order valence-electron chi connectivity index (χ3n) is 2.83. The highest BCUT2D eigenvalue weighted by Gasteiger charge is 2.03. The average Bonchev–Trinajstić information content (AvgIpc) is 2.16. The van der Waals surface area contributed by atoms with E-state index in [1.165, 1.54) is 51.4 Å². The standard InChI is InChI=1S/C12H26S/c1-3-5-6-7-8-9-12(4-2)10-11-13/h12-13H,3-11H2,1-2H3. The van der Waals surface area contributed by atoms with Gasteiger partial charge in [0, 0.05) is 0 Å². The Labute approximate surface area is 89.9 Å². The highest BCUT2D eigenvalue weighted by Crippen LogP contribution is 2.18. The Morgan fingerprint density at radius 1 is 0.923 bits per heavy atom. The van der Waals surface area contributed by atoms with Gasteiger partial charge in [0.25, 0.3) is 0 Å². The van der Waals surface area contributed by atoms with Crippen LogP contribution in [0.25, 0.3) is 0 Å². The Bertz CT molecular complexity index is 91.1. The summed E-state index contributed by atoms with van der Waals surface area (Å²) in [4.78, 5) is 0. The van der Waals surface area contributed by atoms with Crippen LogP contribution >= 0.6 is 12.6 Å². The molecule has 0 saturated heterocycles. The van der Waals surface area contributed by atoms with E-state index in [2.05, 4.69) is 26.5 Å². The van der Waals surface area contributed by atoms with E-state index in [0.29, 0.717) is 0 Å². The van der Waals surface area contributed by atoms with Crippen molar-refractivity contribution in [1.82, 2.24) is 0 Å². The van der Waals surface area contributed by atoms with E-state index in [9.17, 15) is 0 Å². The van der Waals surface area contributed by atoms with E-state index >= 15 is 0 Å². The average molecular weight is 202 g/mol. The Kier molecular flexibility index (Phi) is 10.7. The maximum atomic E-state index is 4.29. The molecule has 0 aromatic carbocycles. The Hall–Kier alpha value is 0.350. The van der Waals surface area contributed by atoms with Gasteiger partial charge in [-0.1, -0.05) is 58.8 Å². The highest BCUT2D eigenvalue weighted by molar-refractivity contribution is 7.80. The van der Waals surface area contributed by atoms with Gasteiger partial charge in [-0.25, -0.2) is 0 Å². The predicted molar refractivity (Wildman–Crippen MR) is 65.6 cm³/mol. The fourth-order valence-electron chi connectivity index (χ4n) is 1.77. The minimum absolute atomic E-state index is 0.944. The fraction of sp³-hybridized carbons (Fsp3) is 1.00. The van der Waals surface area contributed by atoms with Crippen molar-refractivity contribution in [2.24, 2.45) is 5.92 Å². The zero-order valence-electron chi connectivity index (χ0n) is 9.39. The molecule has 0 aliphatic heterocycles. The van der Waals surface area contributed by atoms with Crippen LogP contribution in [0.1, 0.15) is 65.2 Å². The van der Waals surface area contributed by atoms with Crippen molar-refractivity contribution in [2.75, 3.05) is 5.75 Å². The van der Waals surface area contributed by atoms with Crippen LogP contribution in [-0.2, 0) is 0 Å². The lowest BCUT2D eigenvalue weighted by molar-refractivity contribution is 0.431. The first-order valence-electron chi connectivity index (χ1n) is 5.96. The number of thiol groups is 1. The van der Waals surface area contributed by atoms with Crippen LogP contribution in [0.4, 0.5) is 0 Å². The lowest BCUT2D eigenvalue weighted by Crippen LogP contribution is -1.99. The van der Waals surface area contributed by atoms with Crippen molar-refractivity contribution >= 4 is 12.6 Å². The molecule has 0 bridgehead atoms. The smallest absolute Gasteiger partial charge is 0.00953 e. The van der Waals surface area contributed by atoms with Crippen LogP contribution in [0.5, 0.6) is 0 Å². The zero-order chi connectivity index (χ0) is 9.94. The Balaban J connectivity index is 3.17. The second-order valence-corrected chi connectivity index (χ2v) is 4.44. The molecule has 0 aliphatic rings. The Morgan fingerprint density at radius 3 is 2.15 bits per heavy atom. The van der Waals surface area contributed by atoms with Crippen LogP contribution in [0.3, 0.4) is 0 Å². The number of rotatable bonds is 9. The first-order chi connectivity index (χ1) is 6.35. The molecule has 0 nitrogen and oxygen atoms in total. The molecule has 0 aromatic heterocycles. The van der Waals surface area contributed by atoms with Gasteiger partial charge in [-0.2, -0.15) is 12.6 Å². The molecule has 0 spiro atoms. The van der Waals surface area contributed by atoms with Crippen molar-refractivity contribution in [3.63, 3.8) is 0 Å². The summed E-state index contributed by atoms with van der Waals surface area (Å²) < 4.78 is 0. The largest absolute Gasteiger partial charge is 0.179 e. The summed E-state index contributed by atoms with van der Waals surface area (Å²) >= 11 is 4.29. The quantitative estimate of drug-likeness (QED) is 0.407.